The number of fused-ring (bicyclic) bond motifs is 1. The molecule has 1 atom stereocenters. The molecule has 0 aliphatic carbocycles. The Morgan fingerprint density at radius 3 is 2.56 bits per heavy atom. The Morgan fingerprint density at radius 2 is 1.81 bits per heavy atom. The lowest BCUT2D eigenvalue weighted by Crippen LogP contribution is -2.09. The zero-order valence-electron chi connectivity index (χ0n) is 9.48. The van der Waals surface area contributed by atoms with Crippen molar-refractivity contribution in [1.82, 2.24) is 0 Å². The molecule has 84 valence electrons. The first-order valence-corrected chi connectivity index (χ1v) is 5.69. The zero-order chi connectivity index (χ0) is 11.5. The Labute approximate surface area is 95.7 Å². The highest BCUT2D eigenvalue weighted by Gasteiger charge is 2.05. The maximum atomic E-state index is 9.37. The molecule has 0 fully saturated rings. The Balaban J connectivity index is 2.40. The molecule has 3 N–H and O–H groups in total. The van der Waals surface area contributed by atoms with Gasteiger partial charge in [0, 0.05) is 6.04 Å². The molecule has 2 aromatic carbocycles. The van der Waals surface area contributed by atoms with E-state index in [1.165, 1.54) is 5.56 Å². The first-order chi connectivity index (χ1) is 7.70. The van der Waals surface area contributed by atoms with Gasteiger partial charge in [-0.05, 0) is 41.0 Å². The molecule has 0 aliphatic rings. The summed E-state index contributed by atoms with van der Waals surface area (Å²) >= 11 is 0. The summed E-state index contributed by atoms with van der Waals surface area (Å²) in [5.41, 5.74) is 7.24. The minimum Gasteiger partial charge on any atom is -0.508 e. The number of benzene rings is 2. The molecule has 0 heterocycles. The van der Waals surface area contributed by atoms with Gasteiger partial charge in [-0.3, -0.25) is 0 Å². The predicted molar refractivity (Wildman–Crippen MR) is 67.4 cm³/mol. The summed E-state index contributed by atoms with van der Waals surface area (Å²) in [6.07, 6.45) is 2.10. The highest BCUT2D eigenvalue weighted by Crippen LogP contribution is 2.24. The highest BCUT2D eigenvalue weighted by atomic mass is 16.3. The van der Waals surface area contributed by atoms with Crippen LogP contribution >= 0.6 is 0 Å². The second-order valence-electron chi connectivity index (χ2n) is 4.19. The van der Waals surface area contributed by atoms with E-state index in [-0.39, 0.29) is 6.04 Å². The van der Waals surface area contributed by atoms with Gasteiger partial charge in [-0.2, -0.15) is 0 Å². The largest absolute Gasteiger partial charge is 0.508 e. The van der Waals surface area contributed by atoms with Gasteiger partial charge in [0.25, 0.3) is 0 Å². The van der Waals surface area contributed by atoms with E-state index in [0.717, 1.165) is 23.6 Å². The molecule has 0 radical (unpaired) electrons. The first kappa shape index (κ1) is 11.0. The van der Waals surface area contributed by atoms with Gasteiger partial charge in [-0.1, -0.05) is 31.5 Å². The second-order valence-corrected chi connectivity index (χ2v) is 4.19. The van der Waals surface area contributed by atoms with Crippen molar-refractivity contribution in [2.75, 3.05) is 0 Å². The van der Waals surface area contributed by atoms with Crippen LogP contribution in [0.5, 0.6) is 5.75 Å². The van der Waals surface area contributed by atoms with E-state index >= 15 is 0 Å². The average molecular weight is 215 g/mol. The van der Waals surface area contributed by atoms with Crippen LogP contribution in [0, 0.1) is 0 Å². The summed E-state index contributed by atoms with van der Waals surface area (Å²) in [4.78, 5) is 0. The van der Waals surface area contributed by atoms with Crippen molar-refractivity contribution in [3.8, 4) is 5.75 Å². The SMILES string of the molecule is CCC[C@H](N)c1ccc2cc(O)ccc2c1. The number of aromatic hydroxyl groups is 1. The van der Waals surface area contributed by atoms with Crippen LogP contribution in [0.1, 0.15) is 31.4 Å². The molecule has 0 unspecified atom stereocenters. The van der Waals surface area contributed by atoms with Gasteiger partial charge in [0.2, 0.25) is 0 Å². The van der Waals surface area contributed by atoms with Crippen molar-refractivity contribution in [3.05, 3.63) is 42.0 Å². The van der Waals surface area contributed by atoms with E-state index in [0.29, 0.717) is 5.75 Å². The molecule has 2 nitrogen and oxygen atoms in total. The van der Waals surface area contributed by atoms with E-state index < -0.39 is 0 Å². The van der Waals surface area contributed by atoms with Gasteiger partial charge in [-0.15, -0.1) is 0 Å². The Morgan fingerprint density at radius 1 is 1.12 bits per heavy atom. The van der Waals surface area contributed by atoms with Crippen molar-refractivity contribution >= 4 is 10.8 Å². The fraction of sp³-hybridized carbons (Fsp3) is 0.286. The molecule has 2 aromatic rings. The van der Waals surface area contributed by atoms with Crippen molar-refractivity contribution in [1.29, 1.82) is 0 Å². The van der Waals surface area contributed by atoms with E-state index in [1.807, 2.05) is 18.2 Å². The van der Waals surface area contributed by atoms with E-state index in [9.17, 15) is 5.11 Å². The molecule has 0 bridgehead atoms. The van der Waals surface area contributed by atoms with Crippen LogP contribution in [0.2, 0.25) is 0 Å². The molecule has 16 heavy (non-hydrogen) atoms. The van der Waals surface area contributed by atoms with Crippen molar-refractivity contribution in [2.45, 2.75) is 25.8 Å². The third-order valence-electron chi connectivity index (χ3n) is 2.88. The quantitative estimate of drug-likeness (QED) is 0.824. The molecule has 0 spiro atoms. The van der Waals surface area contributed by atoms with E-state index in [4.69, 9.17) is 5.73 Å². The molecule has 0 aliphatic heterocycles. The Bertz CT molecular complexity index is 493. The lowest BCUT2D eigenvalue weighted by Gasteiger charge is -2.11. The minimum absolute atomic E-state index is 0.114. The van der Waals surface area contributed by atoms with Crippen molar-refractivity contribution < 1.29 is 5.11 Å². The number of hydrogen-bond donors (Lipinski definition) is 2. The molecular formula is C14H17NO. The number of rotatable bonds is 3. The number of phenols is 1. The maximum Gasteiger partial charge on any atom is 0.116 e. The van der Waals surface area contributed by atoms with Crippen LogP contribution in [0.4, 0.5) is 0 Å². The van der Waals surface area contributed by atoms with Gasteiger partial charge >= 0.3 is 0 Å². The summed E-state index contributed by atoms with van der Waals surface area (Å²) in [6, 6.07) is 11.7. The van der Waals surface area contributed by atoms with Crippen LogP contribution < -0.4 is 5.73 Å². The van der Waals surface area contributed by atoms with Gasteiger partial charge in [-0.25, -0.2) is 0 Å². The molecular weight excluding hydrogens is 198 g/mol. The third kappa shape index (κ3) is 2.17. The second kappa shape index (κ2) is 4.54. The molecule has 0 aromatic heterocycles. The smallest absolute Gasteiger partial charge is 0.116 e. The molecule has 2 heteroatoms. The van der Waals surface area contributed by atoms with Gasteiger partial charge in [0.1, 0.15) is 5.75 Å². The average Bonchev–Trinajstić information content (AvgIpc) is 2.28. The molecule has 0 amide bonds. The zero-order valence-corrected chi connectivity index (χ0v) is 9.48. The van der Waals surface area contributed by atoms with Crippen LogP contribution in [0.15, 0.2) is 36.4 Å². The number of nitrogens with two attached hydrogens (primary N) is 1. The predicted octanol–water partition coefficient (Wildman–Crippen LogP) is 3.35. The summed E-state index contributed by atoms with van der Waals surface area (Å²) in [5.74, 6) is 0.304. The number of phenolic OH excluding ortho intramolecular Hbond substituents is 1. The maximum absolute atomic E-state index is 9.37. The number of hydrogen-bond acceptors (Lipinski definition) is 2. The van der Waals surface area contributed by atoms with Crippen LogP contribution in [-0.2, 0) is 0 Å². The Kier molecular flexibility index (Phi) is 3.11. The van der Waals surface area contributed by atoms with Crippen molar-refractivity contribution in [2.24, 2.45) is 5.73 Å². The molecule has 2 rings (SSSR count). The summed E-state index contributed by atoms with van der Waals surface area (Å²) in [6.45, 7) is 2.14. The van der Waals surface area contributed by atoms with Crippen LogP contribution in [0.25, 0.3) is 10.8 Å². The summed E-state index contributed by atoms with van der Waals surface area (Å²) < 4.78 is 0. The third-order valence-corrected chi connectivity index (χ3v) is 2.88. The van der Waals surface area contributed by atoms with Crippen LogP contribution in [0.3, 0.4) is 0 Å². The van der Waals surface area contributed by atoms with Crippen LogP contribution in [-0.4, -0.2) is 5.11 Å². The molecule has 0 saturated heterocycles. The van der Waals surface area contributed by atoms with Gasteiger partial charge in [0.05, 0.1) is 0 Å². The normalized spacial score (nSPS) is 12.9. The minimum atomic E-state index is 0.114. The van der Waals surface area contributed by atoms with E-state index in [2.05, 4.69) is 13.0 Å². The van der Waals surface area contributed by atoms with Gasteiger partial charge in [0.15, 0.2) is 0 Å². The topological polar surface area (TPSA) is 46.2 Å². The fourth-order valence-electron chi connectivity index (χ4n) is 1.96. The first-order valence-electron chi connectivity index (χ1n) is 5.69. The fourth-order valence-corrected chi connectivity index (χ4v) is 1.96. The summed E-state index contributed by atoms with van der Waals surface area (Å²) in [5, 5.41) is 11.5. The lowest BCUT2D eigenvalue weighted by molar-refractivity contribution is 0.476. The lowest BCUT2D eigenvalue weighted by atomic mass is 9.99. The Hall–Kier alpha value is -1.54. The molecule has 0 saturated carbocycles. The van der Waals surface area contributed by atoms with Crippen molar-refractivity contribution in [3.63, 3.8) is 0 Å². The van der Waals surface area contributed by atoms with Gasteiger partial charge < -0.3 is 10.8 Å². The monoisotopic (exact) mass is 215 g/mol. The van der Waals surface area contributed by atoms with E-state index in [1.54, 1.807) is 12.1 Å². The standard InChI is InChI=1S/C14H17NO/c1-2-3-14(15)12-5-4-11-9-13(16)7-6-10(11)8-12/h4-9,14,16H,2-3,15H2,1H3/t14-/m0/s1. The highest BCUT2D eigenvalue weighted by molar-refractivity contribution is 5.84. The summed E-state index contributed by atoms with van der Waals surface area (Å²) in [7, 11) is 0.